The number of thiazole rings is 1. The highest BCUT2D eigenvalue weighted by Crippen LogP contribution is 2.72. The zero-order chi connectivity index (χ0) is 73.8. The molecule has 4 bridgehead atoms. The lowest BCUT2D eigenvalue weighted by Gasteiger charge is -2.69. The number of ether oxygens (including phenoxy) is 6. The van der Waals surface area contributed by atoms with Crippen LogP contribution in [-0.2, 0) is 78.5 Å². The van der Waals surface area contributed by atoms with Gasteiger partial charge in [0, 0.05) is 93.3 Å². The molecule has 5 atom stereocenters. The maximum absolute atomic E-state index is 13.8. The van der Waals surface area contributed by atoms with E-state index >= 15 is 0 Å². The van der Waals surface area contributed by atoms with Crippen LogP contribution in [0.2, 0.25) is 0 Å². The van der Waals surface area contributed by atoms with Gasteiger partial charge in [-0.05, 0) is 147 Å². The number of pyridine rings is 1. The summed E-state index contributed by atoms with van der Waals surface area (Å²) in [6.07, 6.45) is 9.33. The lowest BCUT2D eigenvalue weighted by Crippen LogP contribution is -2.64. The Morgan fingerprint density at radius 2 is 1.44 bits per heavy atom. The number of anilines is 3. The van der Waals surface area contributed by atoms with Gasteiger partial charge in [-0.15, -0.1) is 0 Å². The van der Waals surface area contributed by atoms with Crippen LogP contribution < -0.4 is 31.5 Å². The number of carbonyl (C=O) groups excluding carboxylic acids is 7. The first-order valence-electron chi connectivity index (χ1n) is 35.4. The Morgan fingerprint density at radius 3 is 2.14 bits per heavy atom. The largest absolute Gasteiger partial charge is 0.476 e. The third-order valence-corrected chi connectivity index (χ3v) is 20.9. The second-order valence-corrected chi connectivity index (χ2v) is 29.8. The van der Waals surface area contributed by atoms with Gasteiger partial charge >= 0.3 is 12.1 Å². The van der Waals surface area contributed by atoms with Crippen molar-refractivity contribution in [1.82, 2.24) is 45.5 Å². The Hall–Kier alpha value is -9.23. The van der Waals surface area contributed by atoms with Crippen molar-refractivity contribution < 1.29 is 77.0 Å². The molecule has 2 aliphatic heterocycles. The summed E-state index contributed by atoms with van der Waals surface area (Å²) in [6, 6.07) is 22.1. The molecule has 5 heterocycles. The number of aromatic nitrogens is 4. The molecule has 3 unspecified atom stereocenters. The number of carbonyl (C=O) groups is 8. The average molecular weight is 1450 g/mol. The number of likely N-dealkylation sites (N-methyl/N-ethyl adjacent to an activating group) is 1. The fraction of sp³-hybridized carbons (Fsp3) is 0.507. The predicted octanol–water partition coefficient (Wildman–Crippen LogP) is 7.41. The molecule has 0 spiro atoms. The smallest absolute Gasteiger partial charge is 0.409 e. The van der Waals surface area contributed by atoms with Crippen LogP contribution in [0.3, 0.4) is 0 Å². The van der Waals surface area contributed by atoms with Gasteiger partial charge < -0.3 is 74.6 Å². The van der Waals surface area contributed by atoms with Gasteiger partial charge in [-0.25, -0.2) is 19.6 Å². The van der Waals surface area contributed by atoms with Gasteiger partial charge in [-0.3, -0.25) is 38.8 Å². The van der Waals surface area contributed by atoms with E-state index in [1.165, 1.54) is 47.1 Å². The van der Waals surface area contributed by atoms with Crippen molar-refractivity contribution in [2.24, 2.45) is 16.2 Å². The number of aliphatic hydroxyl groups excluding tert-OH is 1. The van der Waals surface area contributed by atoms with Crippen molar-refractivity contribution in [3.8, 4) is 11.1 Å². The number of aliphatic hydroxyl groups is 1. The molecule has 3 aromatic heterocycles. The minimum atomic E-state index is -1.15. The quantitative estimate of drug-likeness (QED) is 0.0188. The molecule has 7 N–H and O–H groups in total. The summed E-state index contributed by atoms with van der Waals surface area (Å²) in [5, 5.41) is 39.6. The van der Waals surface area contributed by atoms with E-state index in [0.717, 1.165) is 65.6 Å². The van der Waals surface area contributed by atoms with E-state index in [9.17, 15) is 48.6 Å². The molecule has 104 heavy (non-hydrogen) atoms. The number of rotatable bonds is 36. The molecule has 7 amide bonds. The van der Waals surface area contributed by atoms with Gasteiger partial charge in [0.05, 0.1) is 81.5 Å². The zero-order valence-corrected chi connectivity index (χ0v) is 60.6. The first-order valence-corrected chi connectivity index (χ1v) is 36.2. The molecular weight excluding hydrogens is 1360 g/mol. The van der Waals surface area contributed by atoms with Crippen LogP contribution >= 0.6 is 11.3 Å². The number of nitrogens with zero attached hydrogens (tertiary/aromatic N) is 7. The molecule has 6 aromatic rings. The summed E-state index contributed by atoms with van der Waals surface area (Å²) in [4.78, 5) is 117. The number of hydrogen-bond donors (Lipinski definition) is 7. The Bertz CT molecular complexity index is 4090. The van der Waals surface area contributed by atoms with Gasteiger partial charge in [0.25, 0.3) is 5.91 Å². The normalized spacial score (nSPS) is 21.3. The van der Waals surface area contributed by atoms with Gasteiger partial charge in [0.2, 0.25) is 29.5 Å². The molecule has 4 saturated carbocycles. The predicted molar refractivity (Wildman–Crippen MR) is 386 cm³/mol. The third kappa shape index (κ3) is 19.2. The minimum Gasteiger partial charge on any atom is -0.476 e. The van der Waals surface area contributed by atoms with Crippen molar-refractivity contribution in [2.45, 2.75) is 136 Å². The van der Waals surface area contributed by atoms with E-state index in [0.29, 0.717) is 111 Å². The van der Waals surface area contributed by atoms with Crippen LogP contribution in [0.5, 0.6) is 0 Å². The van der Waals surface area contributed by atoms with Crippen LogP contribution in [0.15, 0.2) is 97.2 Å². The SMILES string of the molecule is Cc1c(-c2ccc(N3CCc4cccc(C(=O)Nc5nc6ccccc6s5)c4C3)nc2C(=O)O)cnn1CC12CC3(C)CC(C)(C1)CC(OCCN(C)C(=O)OCc1ccc(NC(=O)[C@H](C)NC(=O)[C@H](C)NC(=O)CCOCCOCCOCCOCCNC(=O)CCN4C(=O)C=CC4O)cc1)(C3)C2. The van der Waals surface area contributed by atoms with Crippen molar-refractivity contribution in [1.29, 1.82) is 0 Å². The molecule has 6 aliphatic rings. The number of amides is 7. The van der Waals surface area contributed by atoms with Gasteiger partial charge in [0.1, 0.15) is 30.7 Å². The van der Waals surface area contributed by atoms with Crippen LogP contribution in [0.4, 0.5) is 21.4 Å². The number of para-hydroxylation sites is 1. The number of nitrogens with one attached hydrogen (secondary N) is 5. The van der Waals surface area contributed by atoms with E-state index in [1.807, 2.05) is 71.1 Å². The van der Waals surface area contributed by atoms with Gasteiger partial charge in [0.15, 0.2) is 10.8 Å². The third-order valence-electron chi connectivity index (χ3n) is 20.0. The Balaban J connectivity index is 0.564. The Morgan fingerprint density at radius 1 is 0.740 bits per heavy atom. The zero-order valence-electron chi connectivity index (χ0n) is 59.8. The van der Waals surface area contributed by atoms with E-state index < -0.39 is 53.7 Å². The number of carboxylic acid groups (broad SMARTS) is 1. The molecule has 556 valence electrons. The van der Waals surface area contributed by atoms with Gasteiger partial charge in [-0.2, -0.15) is 5.10 Å². The summed E-state index contributed by atoms with van der Waals surface area (Å²) in [7, 11) is 1.68. The second kappa shape index (κ2) is 33.7. The molecule has 4 aliphatic carbocycles. The van der Waals surface area contributed by atoms with Crippen LogP contribution in [0, 0.1) is 23.2 Å². The van der Waals surface area contributed by atoms with Crippen LogP contribution in [0.1, 0.15) is 122 Å². The van der Waals surface area contributed by atoms with E-state index in [1.54, 1.807) is 37.5 Å². The molecule has 3 aromatic carbocycles. The van der Waals surface area contributed by atoms with Crippen LogP contribution in [-0.4, -0.2) is 204 Å². The van der Waals surface area contributed by atoms with E-state index in [2.05, 4.69) is 45.4 Å². The van der Waals surface area contributed by atoms with E-state index in [4.69, 9.17) is 38.5 Å². The number of hydrogen-bond acceptors (Lipinski definition) is 20. The molecule has 4 fully saturated rings. The average Bonchev–Trinajstić information content (AvgIpc) is 0.841. The number of fused-ring (bicyclic) bond motifs is 2. The van der Waals surface area contributed by atoms with Crippen molar-refractivity contribution in [3.05, 3.63) is 131 Å². The minimum absolute atomic E-state index is 0.00231. The summed E-state index contributed by atoms with van der Waals surface area (Å²) in [6.45, 7) is 14.6. The number of aromatic carboxylic acids is 1. The maximum atomic E-state index is 13.8. The topological polar surface area (TPSA) is 346 Å². The highest BCUT2D eigenvalue weighted by atomic mass is 32.1. The highest BCUT2D eigenvalue weighted by Gasteiger charge is 2.66. The lowest BCUT2D eigenvalue weighted by molar-refractivity contribution is -0.248. The molecule has 29 heteroatoms. The van der Waals surface area contributed by atoms with Gasteiger partial charge in [-0.1, -0.05) is 61.6 Å². The first-order chi connectivity index (χ1) is 49.9. The standard InChI is InChI=1S/C75H94N12O16S/c1-48(78-62(89)24-29-98-32-34-100-36-37-101-35-33-99-30-25-76-61(88)23-27-86-63(90)20-21-64(86)91)66(92)79-49(2)67(93)80-53-16-14-51(15-17-53)40-102-71(97)84(6)28-31-103-75-44-72(4)41-73(5,45-75)43-74(42-72,46-75)47-87-50(3)56(38-77-87)54-18-19-60(82-65(54)69(95)96)85-26-22-52-10-9-11-55(57(52)39-85)68(94)83-70-81-58-12-7-8-13-59(58)104-70/h7-21,38,48-49,63,90H,22-37,39-47H2,1-6H3,(H,76,88)(H,78,89)(H,79,92)(H,80,93)(H,95,96)(H,81,83,94)/t48-,49-,63?,72?,73?,74?,75?/m0/s1. The second-order valence-electron chi connectivity index (χ2n) is 28.7. The first kappa shape index (κ1) is 75.9. The Labute approximate surface area is 607 Å². The summed E-state index contributed by atoms with van der Waals surface area (Å²) < 4.78 is 37.6. The van der Waals surface area contributed by atoms with Crippen LogP contribution in [0.25, 0.3) is 21.3 Å². The molecule has 0 saturated heterocycles. The summed E-state index contributed by atoms with van der Waals surface area (Å²) >= 11 is 1.42. The monoisotopic (exact) mass is 1450 g/mol. The lowest BCUT2D eigenvalue weighted by atomic mass is 9.39. The van der Waals surface area contributed by atoms with Crippen molar-refractivity contribution in [2.75, 3.05) is 108 Å². The fourth-order valence-corrected chi connectivity index (χ4v) is 17.0. The van der Waals surface area contributed by atoms with E-state index in [-0.39, 0.29) is 92.1 Å². The summed E-state index contributed by atoms with van der Waals surface area (Å²) in [5.41, 5.74) is 5.86. The molecule has 0 radical (unpaired) electrons. The number of carboxylic acids is 1. The molecule has 12 rings (SSSR count). The number of benzene rings is 3. The summed E-state index contributed by atoms with van der Waals surface area (Å²) in [5.74, 6) is -2.92. The Kier molecular flexibility index (Phi) is 24.6. The fourth-order valence-electron chi connectivity index (χ4n) is 16.1. The maximum Gasteiger partial charge on any atom is 0.409 e. The van der Waals surface area contributed by atoms with Crippen molar-refractivity contribution >= 4 is 85.7 Å². The molecular formula is C75H94N12O16S. The highest BCUT2D eigenvalue weighted by molar-refractivity contribution is 7.22. The van der Waals surface area contributed by atoms with Crippen molar-refractivity contribution in [3.63, 3.8) is 0 Å². The molecule has 28 nitrogen and oxygen atoms in total.